The van der Waals surface area contributed by atoms with Crippen LogP contribution in [0.3, 0.4) is 0 Å². The van der Waals surface area contributed by atoms with Gasteiger partial charge >= 0.3 is 0 Å². The summed E-state index contributed by atoms with van der Waals surface area (Å²) >= 11 is 5.23. The molecule has 0 amide bonds. The second kappa shape index (κ2) is 8.37. The monoisotopic (exact) mass is 328 g/mol. The second-order valence-corrected chi connectivity index (χ2v) is 5.24. The Kier molecular flexibility index (Phi) is 6.21. The number of aryl methyl sites for hydroxylation is 1. The standard InChI is InChI=1S/C20H15ClF2/c1-2-3-4-15-5-7-16(8-6-15)9-10-17-11-12-19(22)18(13-14-21)20(17)23/h5-8,11-12H,2-4H2,1H3. The van der Waals surface area contributed by atoms with Crippen molar-refractivity contribution in [3.05, 3.63) is 70.3 Å². The maximum Gasteiger partial charge on any atom is 0.157 e. The number of hydrogen-bond acceptors (Lipinski definition) is 0. The predicted octanol–water partition coefficient (Wildman–Crippen LogP) is 5.26. The van der Waals surface area contributed by atoms with Crippen LogP contribution in [0.5, 0.6) is 0 Å². The first-order valence-corrected chi connectivity index (χ1v) is 7.74. The van der Waals surface area contributed by atoms with Crippen LogP contribution in [0.15, 0.2) is 36.4 Å². The largest absolute Gasteiger partial charge is 0.206 e. The van der Waals surface area contributed by atoms with Crippen LogP contribution in [-0.4, -0.2) is 0 Å². The Morgan fingerprint density at radius 1 is 0.957 bits per heavy atom. The molecule has 0 aromatic heterocycles. The Labute approximate surface area is 140 Å². The summed E-state index contributed by atoms with van der Waals surface area (Å²) < 4.78 is 27.6. The number of rotatable bonds is 3. The Balaban J connectivity index is 2.24. The van der Waals surface area contributed by atoms with Crippen LogP contribution in [0.4, 0.5) is 8.78 Å². The molecule has 23 heavy (non-hydrogen) atoms. The lowest BCUT2D eigenvalue weighted by atomic mass is 10.1. The van der Waals surface area contributed by atoms with Gasteiger partial charge in [-0.3, -0.25) is 0 Å². The molecule has 0 aliphatic carbocycles. The van der Waals surface area contributed by atoms with Gasteiger partial charge in [0.1, 0.15) is 5.82 Å². The van der Waals surface area contributed by atoms with Gasteiger partial charge in [-0.25, -0.2) is 8.78 Å². The Hall–Kier alpha value is -2.29. The Morgan fingerprint density at radius 3 is 2.35 bits per heavy atom. The van der Waals surface area contributed by atoms with Crippen LogP contribution in [0, 0.1) is 34.8 Å². The zero-order valence-electron chi connectivity index (χ0n) is 12.7. The predicted molar refractivity (Wildman–Crippen MR) is 90.1 cm³/mol. The molecule has 0 spiro atoms. The van der Waals surface area contributed by atoms with Crippen LogP contribution < -0.4 is 0 Å². The molecule has 2 rings (SSSR count). The topological polar surface area (TPSA) is 0 Å². The average Bonchev–Trinajstić information content (AvgIpc) is 2.57. The van der Waals surface area contributed by atoms with E-state index in [9.17, 15) is 8.78 Å². The highest BCUT2D eigenvalue weighted by Crippen LogP contribution is 2.16. The van der Waals surface area contributed by atoms with Gasteiger partial charge in [-0.05, 0) is 60.2 Å². The smallest absolute Gasteiger partial charge is 0.157 e. The minimum Gasteiger partial charge on any atom is -0.206 e. The molecule has 0 bridgehead atoms. The lowest BCUT2D eigenvalue weighted by Gasteiger charge is -2.00. The summed E-state index contributed by atoms with van der Waals surface area (Å²) in [4.78, 5) is 0. The van der Waals surface area contributed by atoms with Crippen molar-refractivity contribution in [3.8, 4) is 23.1 Å². The average molecular weight is 329 g/mol. The van der Waals surface area contributed by atoms with E-state index in [2.05, 4.69) is 24.7 Å². The minimum atomic E-state index is -0.787. The molecule has 0 nitrogen and oxygen atoms in total. The van der Waals surface area contributed by atoms with Gasteiger partial charge in [0, 0.05) is 10.9 Å². The van der Waals surface area contributed by atoms with Crippen molar-refractivity contribution in [2.45, 2.75) is 26.2 Å². The third kappa shape index (κ3) is 4.59. The second-order valence-electron chi connectivity index (χ2n) is 5.05. The Bertz CT molecular complexity index is 800. The number of halogens is 3. The van der Waals surface area contributed by atoms with Crippen molar-refractivity contribution in [1.82, 2.24) is 0 Å². The molecule has 0 fully saturated rings. The van der Waals surface area contributed by atoms with Gasteiger partial charge in [0.2, 0.25) is 0 Å². The molecule has 0 unspecified atom stereocenters. The molecule has 0 heterocycles. The first-order valence-electron chi connectivity index (χ1n) is 7.36. The molecule has 2 aromatic rings. The van der Waals surface area contributed by atoms with E-state index in [0.29, 0.717) is 0 Å². The lowest BCUT2D eigenvalue weighted by molar-refractivity contribution is 0.575. The van der Waals surface area contributed by atoms with Gasteiger partial charge in [-0.1, -0.05) is 37.3 Å². The summed E-state index contributed by atoms with van der Waals surface area (Å²) in [6, 6.07) is 10.3. The van der Waals surface area contributed by atoms with Gasteiger partial charge in [-0.2, -0.15) is 0 Å². The van der Waals surface area contributed by atoms with Crippen LogP contribution in [0.2, 0.25) is 0 Å². The summed E-state index contributed by atoms with van der Waals surface area (Å²) in [5.41, 5.74) is 1.77. The van der Waals surface area contributed by atoms with Crippen molar-refractivity contribution < 1.29 is 8.78 Å². The van der Waals surface area contributed by atoms with Crippen LogP contribution >= 0.6 is 11.6 Å². The van der Waals surface area contributed by atoms with Crippen LogP contribution in [0.1, 0.15) is 42.0 Å². The van der Waals surface area contributed by atoms with E-state index in [-0.39, 0.29) is 11.1 Å². The first-order chi connectivity index (χ1) is 11.2. The van der Waals surface area contributed by atoms with Crippen LogP contribution in [0.25, 0.3) is 0 Å². The molecular weight excluding hydrogens is 314 g/mol. The van der Waals surface area contributed by atoms with Gasteiger partial charge in [0.25, 0.3) is 0 Å². The van der Waals surface area contributed by atoms with Crippen molar-refractivity contribution in [1.29, 1.82) is 0 Å². The molecule has 0 saturated carbocycles. The maximum absolute atomic E-state index is 14.1. The Morgan fingerprint density at radius 2 is 1.70 bits per heavy atom. The minimum absolute atomic E-state index is 0.0934. The molecule has 0 saturated heterocycles. The fourth-order valence-corrected chi connectivity index (χ4v) is 2.18. The van der Waals surface area contributed by atoms with Crippen molar-refractivity contribution in [3.63, 3.8) is 0 Å². The third-order valence-corrected chi connectivity index (χ3v) is 3.47. The summed E-state index contributed by atoms with van der Waals surface area (Å²) in [5, 5.41) is 1.98. The molecule has 116 valence electrons. The van der Waals surface area contributed by atoms with E-state index >= 15 is 0 Å². The quantitative estimate of drug-likeness (QED) is 0.675. The first kappa shape index (κ1) is 17.1. The lowest BCUT2D eigenvalue weighted by Crippen LogP contribution is -1.94. The normalized spacial score (nSPS) is 9.57. The summed E-state index contributed by atoms with van der Waals surface area (Å²) in [7, 11) is 0. The van der Waals surface area contributed by atoms with Crippen molar-refractivity contribution >= 4 is 11.6 Å². The molecule has 3 heteroatoms. The molecule has 0 aliphatic rings. The van der Waals surface area contributed by atoms with Gasteiger partial charge < -0.3 is 0 Å². The fraction of sp³-hybridized carbons (Fsp3) is 0.200. The molecular formula is C20H15ClF2. The van der Waals surface area contributed by atoms with E-state index in [4.69, 9.17) is 11.6 Å². The van der Waals surface area contributed by atoms with Gasteiger partial charge in [0.15, 0.2) is 5.82 Å². The molecule has 0 atom stereocenters. The third-order valence-electron chi connectivity index (χ3n) is 3.38. The highest BCUT2D eigenvalue weighted by Gasteiger charge is 2.10. The van der Waals surface area contributed by atoms with Gasteiger partial charge in [-0.15, -0.1) is 0 Å². The molecule has 0 N–H and O–H groups in total. The zero-order chi connectivity index (χ0) is 16.7. The highest BCUT2D eigenvalue weighted by molar-refractivity contribution is 6.30. The fourth-order valence-electron chi connectivity index (χ4n) is 2.09. The van der Waals surface area contributed by atoms with E-state index in [1.54, 1.807) is 0 Å². The summed E-state index contributed by atoms with van der Waals surface area (Å²) in [6.45, 7) is 2.15. The van der Waals surface area contributed by atoms with Crippen molar-refractivity contribution in [2.75, 3.05) is 0 Å². The maximum atomic E-state index is 14.1. The van der Waals surface area contributed by atoms with E-state index in [1.165, 1.54) is 11.6 Å². The number of unbranched alkanes of at least 4 members (excludes halogenated alkanes) is 1. The van der Waals surface area contributed by atoms with Gasteiger partial charge in [0.05, 0.1) is 11.1 Å². The highest BCUT2D eigenvalue weighted by atomic mass is 35.5. The number of benzene rings is 2. The molecule has 0 radical (unpaired) electrons. The SMILES string of the molecule is CCCCc1ccc(C#Cc2ccc(F)c(C#CCl)c2F)cc1. The van der Waals surface area contributed by atoms with E-state index in [1.807, 2.05) is 29.6 Å². The van der Waals surface area contributed by atoms with Crippen molar-refractivity contribution in [2.24, 2.45) is 0 Å². The van der Waals surface area contributed by atoms with E-state index in [0.717, 1.165) is 30.9 Å². The summed E-state index contributed by atoms with van der Waals surface area (Å²) in [5.74, 6) is 6.27. The zero-order valence-corrected chi connectivity index (χ0v) is 13.5. The number of hydrogen-bond donors (Lipinski definition) is 0. The molecule has 2 aromatic carbocycles. The van der Waals surface area contributed by atoms with E-state index < -0.39 is 11.6 Å². The summed E-state index contributed by atoms with van der Waals surface area (Å²) in [6.07, 6.45) is 3.34. The van der Waals surface area contributed by atoms with Crippen LogP contribution in [-0.2, 0) is 6.42 Å². The molecule has 0 aliphatic heterocycles.